The maximum absolute atomic E-state index is 6.02. The van der Waals surface area contributed by atoms with Gasteiger partial charge >= 0.3 is 0 Å². The number of nitrogen functional groups attached to an aromatic ring is 1. The van der Waals surface area contributed by atoms with Crippen molar-refractivity contribution in [2.24, 2.45) is 0 Å². The van der Waals surface area contributed by atoms with Crippen molar-refractivity contribution in [2.75, 3.05) is 5.73 Å². The second-order valence-corrected chi connectivity index (χ2v) is 3.95. The first-order chi connectivity index (χ1) is 8.25. The van der Waals surface area contributed by atoms with Crippen molar-refractivity contribution in [3.63, 3.8) is 0 Å². The van der Waals surface area contributed by atoms with Crippen molar-refractivity contribution >= 4 is 23.1 Å². The molecule has 0 aliphatic carbocycles. The molecule has 3 aromatic heterocycles. The lowest BCUT2D eigenvalue weighted by atomic mass is 10.3. The number of imidazole rings is 1. The number of nitrogens with zero attached hydrogens (tertiary/aromatic N) is 4. The third-order valence-corrected chi connectivity index (χ3v) is 2.67. The summed E-state index contributed by atoms with van der Waals surface area (Å²) in [5.74, 6) is 0.515. The van der Waals surface area contributed by atoms with Crippen LogP contribution in [0.1, 0.15) is 0 Å². The van der Waals surface area contributed by atoms with E-state index in [1.54, 1.807) is 28.9 Å². The van der Waals surface area contributed by atoms with E-state index in [1.165, 1.54) is 6.33 Å². The third kappa shape index (κ3) is 1.60. The molecule has 0 aliphatic heterocycles. The van der Waals surface area contributed by atoms with Gasteiger partial charge in [-0.15, -0.1) is 0 Å². The summed E-state index contributed by atoms with van der Waals surface area (Å²) >= 11 is 5.92. The molecule has 5 nitrogen and oxygen atoms in total. The van der Waals surface area contributed by atoms with Gasteiger partial charge in [0.15, 0.2) is 0 Å². The van der Waals surface area contributed by atoms with Gasteiger partial charge in [0.2, 0.25) is 0 Å². The second-order valence-electron chi connectivity index (χ2n) is 3.52. The number of hydrogen-bond donors (Lipinski definition) is 1. The summed E-state index contributed by atoms with van der Waals surface area (Å²) in [4.78, 5) is 12.4. The molecule has 0 spiro atoms. The maximum atomic E-state index is 6.02. The smallest absolute Gasteiger partial charge is 0.139 e. The summed E-state index contributed by atoms with van der Waals surface area (Å²) in [6, 6.07) is 5.34. The van der Waals surface area contributed by atoms with E-state index in [0.717, 1.165) is 5.65 Å². The summed E-state index contributed by atoms with van der Waals surface area (Å²) < 4.78 is 1.74. The Kier molecular flexibility index (Phi) is 2.19. The molecule has 0 unspecified atom stereocenters. The molecule has 0 atom stereocenters. The molecule has 0 bridgehead atoms. The van der Waals surface area contributed by atoms with Crippen LogP contribution in [0, 0.1) is 0 Å². The number of nitrogens with two attached hydrogens (primary N) is 1. The van der Waals surface area contributed by atoms with E-state index in [1.807, 2.05) is 6.07 Å². The van der Waals surface area contributed by atoms with Gasteiger partial charge in [0.1, 0.15) is 23.5 Å². The van der Waals surface area contributed by atoms with E-state index in [9.17, 15) is 0 Å². The Hall–Kier alpha value is -2.14. The Morgan fingerprint density at radius 2 is 2.12 bits per heavy atom. The zero-order valence-corrected chi connectivity index (χ0v) is 9.46. The van der Waals surface area contributed by atoms with Gasteiger partial charge in [-0.3, -0.25) is 4.40 Å². The quantitative estimate of drug-likeness (QED) is 0.712. The van der Waals surface area contributed by atoms with Crippen LogP contribution in [0.3, 0.4) is 0 Å². The Balaban J connectivity index is 2.28. The maximum Gasteiger partial charge on any atom is 0.139 e. The van der Waals surface area contributed by atoms with E-state index in [4.69, 9.17) is 17.3 Å². The van der Waals surface area contributed by atoms with Gasteiger partial charge in [-0.05, 0) is 18.2 Å². The fraction of sp³-hybridized carbons (Fsp3) is 0. The SMILES string of the molecule is Nc1c(-c2ccncn2)nc2ccc(Cl)cn12. The Morgan fingerprint density at radius 3 is 2.88 bits per heavy atom. The molecule has 17 heavy (non-hydrogen) atoms. The van der Waals surface area contributed by atoms with Crippen LogP contribution in [0.25, 0.3) is 17.0 Å². The molecule has 0 aliphatic rings. The molecule has 0 saturated carbocycles. The Bertz CT molecular complexity index is 677. The van der Waals surface area contributed by atoms with Crippen molar-refractivity contribution in [2.45, 2.75) is 0 Å². The molecule has 3 heterocycles. The van der Waals surface area contributed by atoms with Crippen LogP contribution >= 0.6 is 11.6 Å². The first-order valence-corrected chi connectivity index (χ1v) is 5.33. The number of aromatic nitrogens is 4. The largest absolute Gasteiger partial charge is 0.383 e. The first-order valence-electron chi connectivity index (χ1n) is 4.95. The average molecular weight is 246 g/mol. The molecule has 0 aromatic carbocycles. The molecule has 3 aromatic rings. The van der Waals surface area contributed by atoms with Crippen LogP contribution in [0.4, 0.5) is 5.82 Å². The van der Waals surface area contributed by atoms with Crippen molar-refractivity contribution in [3.05, 3.63) is 41.9 Å². The van der Waals surface area contributed by atoms with Gasteiger partial charge in [-0.25, -0.2) is 15.0 Å². The zero-order valence-electron chi connectivity index (χ0n) is 8.71. The highest BCUT2D eigenvalue weighted by Gasteiger charge is 2.12. The Labute approximate surface area is 102 Å². The number of halogens is 1. The van der Waals surface area contributed by atoms with Crippen molar-refractivity contribution in [1.29, 1.82) is 0 Å². The minimum absolute atomic E-state index is 0.515. The van der Waals surface area contributed by atoms with Gasteiger partial charge in [-0.2, -0.15) is 0 Å². The Morgan fingerprint density at radius 1 is 1.24 bits per heavy atom. The summed E-state index contributed by atoms with van der Waals surface area (Å²) in [6.45, 7) is 0. The minimum Gasteiger partial charge on any atom is -0.383 e. The van der Waals surface area contributed by atoms with Gasteiger partial charge in [0.05, 0.1) is 10.7 Å². The fourth-order valence-electron chi connectivity index (χ4n) is 1.66. The molecule has 2 N–H and O–H groups in total. The zero-order chi connectivity index (χ0) is 11.8. The third-order valence-electron chi connectivity index (χ3n) is 2.44. The monoisotopic (exact) mass is 245 g/mol. The highest BCUT2D eigenvalue weighted by Crippen LogP contribution is 2.25. The standard InChI is InChI=1S/C11H8ClN5/c12-7-1-2-9-16-10(11(13)17(9)5-7)8-3-4-14-6-15-8/h1-6H,13H2. The predicted octanol–water partition coefficient (Wildman–Crippen LogP) is 2.03. The van der Waals surface area contributed by atoms with E-state index in [2.05, 4.69) is 15.0 Å². The molecule has 6 heteroatoms. The molecule has 84 valence electrons. The van der Waals surface area contributed by atoms with Gasteiger partial charge < -0.3 is 5.73 Å². The molecule has 3 rings (SSSR count). The van der Waals surface area contributed by atoms with Gasteiger partial charge in [0.25, 0.3) is 0 Å². The summed E-state index contributed by atoms with van der Waals surface area (Å²) in [5, 5.41) is 0.607. The molecule has 0 fully saturated rings. The van der Waals surface area contributed by atoms with E-state index in [0.29, 0.717) is 22.2 Å². The van der Waals surface area contributed by atoms with E-state index < -0.39 is 0 Å². The number of hydrogen-bond acceptors (Lipinski definition) is 4. The molecule has 0 amide bonds. The normalized spacial score (nSPS) is 10.9. The summed E-state index contributed by atoms with van der Waals surface area (Å²) in [5.41, 5.74) is 8.08. The number of fused-ring (bicyclic) bond motifs is 1. The van der Waals surface area contributed by atoms with Crippen LogP contribution < -0.4 is 5.73 Å². The molecular weight excluding hydrogens is 238 g/mol. The minimum atomic E-state index is 0.515. The summed E-state index contributed by atoms with van der Waals surface area (Å²) in [7, 11) is 0. The predicted molar refractivity (Wildman–Crippen MR) is 65.6 cm³/mol. The van der Waals surface area contributed by atoms with Crippen LogP contribution in [0.15, 0.2) is 36.9 Å². The molecule has 0 radical (unpaired) electrons. The van der Waals surface area contributed by atoms with Crippen molar-refractivity contribution < 1.29 is 0 Å². The molecule has 0 saturated heterocycles. The molecular formula is C11H8ClN5. The van der Waals surface area contributed by atoms with Gasteiger partial charge in [-0.1, -0.05) is 11.6 Å². The summed E-state index contributed by atoms with van der Waals surface area (Å²) in [6.07, 6.45) is 4.84. The van der Waals surface area contributed by atoms with Crippen molar-refractivity contribution in [1.82, 2.24) is 19.4 Å². The lowest BCUT2D eigenvalue weighted by Crippen LogP contribution is -1.94. The van der Waals surface area contributed by atoms with E-state index >= 15 is 0 Å². The van der Waals surface area contributed by atoms with E-state index in [-0.39, 0.29) is 0 Å². The van der Waals surface area contributed by atoms with Crippen molar-refractivity contribution in [3.8, 4) is 11.4 Å². The second kappa shape index (κ2) is 3.71. The highest BCUT2D eigenvalue weighted by atomic mass is 35.5. The van der Waals surface area contributed by atoms with Gasteiger partial charge in [0, 0.05) is 12.4 Å². The number of pyridine rings is 1. The average Bonchev–Trinajstić information content (AvgIpc) is 2.68. The first kappa shape index (κ1) is 10.0. The van der Waals surface area contributed by atoms with Crippen LogP contribution in [-0.4, -0.2) is 19.4 Å². The fourth-order valence-corrected chi connectivity index (χ4v) is 1.82. The van der Waals surface area contributed by atoms with Crippen LogP contribution in [0.2, 0.25) is 5.02 Å². The van der Waals surface area contributed by atoms with Crippen LogP contribution in [-0.2, 0) is 0 Å². The topological polar surface area (TPSA) is 69.1 Å². The lowest BCUT2D eigenvalue weighted by molar-refractivity contribution is 1.16. The highest BCUT2D eigenvalue weighted by molar-refractivity contribution is 6.30. The number of rotatable bonds is 1. The lowest BCUT2D eigenvalue weighted by Gasteiger charge is -1.98. The van der Waals surface area contributed by atoms with Crippen LogP contribution in [0.5, 0.6) is 0 Å². The number of anilines is 1.